The number of benzene rings is 1. The van der Waals surface area contributed by atoms with Crippen LogP contribution in [0.5, 0.6) is 0 Å². The molecule has 0 unspecified atom stereocenters. The number of anilines is 2. The Balaban J connectivity index is 1.60. The van der Waals surface area contributed by atoms with Crippen molar-refractivity contribution in [1.29, 1.82) is 0 Å². The zero-order valence-electron chi connectivity index (χ0n) is 21.4. The van der Waals surface area contributed by atoms with Gasteiger partial charge in [0.2, 0.25) is 0 Å². The van der Waals surface area contributed by atoms with Gasteiger partial charge in [-0.25, -0.2) is 4.98 Å². The van der Waals surface area contributed by atoms with E-state index >= 15 is 0 Å². The van der Waals surface area contributed by atoms with Crippen LogP contribution in [0.3, 0.4) is 0 Å². The minimum absolute atomic E-state index is 0.0158. The first-order valence-corrected chi connectivity index (χ1v) is 13.1. The Morgan fingerprint density at radius 2 is 1.95 bits per heavy atom. The molecule has 1 aliphatic rings. The fourth-order valence-electron chi connectivity index (χ4n) is 4.76. The summed E-state index contributed by atoms with van der Waals surface area (Å²) in [7, 11) is 0. The molecule has 1 aromatic carbocycles. The molecule has 3 aromatic heterocycles. The number of ether oxygens (including phenoxy) is 1. The first kappa shape index (κ1) is 25.0. The maximum Gasteiger partial charge on any atom is 0.263 e. The Morgan fingerprint density at radius 1 is 1.14 bits per heavy atom. The number of nitrogens with two attached hydrogens (primary N) is 1. The number of hydrogen-bond donors (Lipinski definition) is 3. The van der Waals surface area contributed by atoms with E-state index in [0.29, 0.717) is 62.3 Å². The van der Waals surface area contributed by atoms with Crippen LogP contribution in [-0.2, 0) is 4.74 Å². The second-order valence-corrected chi connectivity index (χ2v) is 10.5. The molecule has 9 heteroatoms. The third-order valence-corrected chi connectivity index (χ3v) is 7.72. The maximum atomic E-state index is 13.7. The highest BCUT2D eigenvalue weighted by Crippen LogP contribution is 2.42. The first-order valence-electron chi connectivity index (χ1n) is 12.3. The van der Waals surface area contributed by atoms with Crippen LogP contribution in [0.25, 0.3) is 21.5 Å². The molecular formula is C28H30N4O4S. The van der Waals surface area contributed by atoms with E-state index in [9.17, 15) is 9.59 Å². The van der Waals surface area contributed by atoms with Crippen molar-refractivity contribution < 1.29 is 18.7 Å². The lowest BCUT2D eigenvalue weighted by atomic mass is 9.99. The zero-order chi connectivity index (χ0) is 26.3. The van der Waals surface area contributed by atoms with Gasteiger partial charge in [-0.05, 0) is 64.3 Å². The van der Waals surface area contributed by atoms with Gasteiger partial charge in [-0.2, -0.15) is 0 Å². The summed E-state index contributed by atoms with van der Waals surface area (Å²) in [5.41, 5.74) is 11.1. The van der Waals surface area contributed by atoms with E-state index in [1.165, 1.54) is 11.3 Å². The minimum Gasteiger partial charge on any atom is -0.461 e. The fourth-order valence-corrected chi connectivity index (χ4v) is 5.83. The molecule has 4 N–H and O–H groups in total. The highest BCUT2D eigenvalue weighted by molar-refractivity contribution is 7.21. The summed E-state index contributed by atoms with van der Waals surface area (Å²) in [5, 5.41) is 6.50. The quantitative estimate of drug-likeness (QED) is 0.309. The van der Waals surface area contributed by atoms with E-state index in [1.807, 2.05) is 51.1 Å². The molecule has 0 saturated carbocycles. The van der Waals surface area contributed by atoms with Crippen molar-refractivity contribution in [2.24, 2.45) is 0 Å². The number of aromatic nitrogens is 1. The van der Waals surface area contributed by atoms with Crippen molar-refractivity contribution in [3.05, 3.63) is 63.4 Å². The molecule has 2 amide bonds. The molecule has 4 heterocycles. The molecule has 37 heavy (non-hydrogen) atoms. The highest BCUT2D eigenvalue weighted by atomic mass is 32.1. The van der Waals surface area contributed by atoms with Gasteiger partial charge in [0, 0.05) is 29.8 Å². The van der Waals surface area contributed by atoms with Gasteiger partial charge < -0.3 is 25.5 Å². The molecule has 1 fully saturated rings. The molecule has 1 aliphatic heterocycles. The van der Waals surface area contributed by atoms with Gasteiger partial charge >= 0.3 is 0 Å². The van der Waals surface area contributed by atoms with E-state index in [4.69, 9.17) is 19.9 Å². The number of nitrogens with one attached hydrogen (secondary N) is 2. The second-order valence-electron chi connectivity index (χ2n) is 9.50. The average Bonchev–Trinajstić information content (AvgIpc) is 3.59. The monoisotopic (exact) mass is 518 g/mol. The predicted octanol–water partition coefficient (Wildman–Crippen LogP) is 5.53. The highest BCUT2D eigenvalue weighted by Gasteiger charge is 2.28. The Morgan fingerprint density at radius 3 is 2.62 bits per heavy atom. The van der Waals surface area contributed by atoms with Gasteiger partial charge in [0.25, 0.3) is 11.8 Å². The zero-order valence-corrected chi connectivity index (χ0v) is 22.2. The summed E-state index contributed by atoms with van der Waals surface area (Å²) >= 11 is 1.21. The van der Waals surface area contributed by atoms with Crippen molar-refractivity contribution in [2.75, 3.05) is 24.2 Å². The molecule has 4 aromatic rings. The number of carbonyl (C=O) groups excluding carboxylic acids is 2. The summed E-state index contributed by atoms with van der Waals surface area (Å²) in [6, 6.07) is 9.49. The Kier molecular flexibility index (Phi) is 6.74. The SMILES string of the molecule is Cc1ccc(NC(=O)c2c(C)nc3sc(C(=O)NC[C@@H]4CCCO4)c(N)c3c2-c2ccc(C)o2)c(C)c1. The number of rotatable bonds is 6. The summed E-state index contributed by atoms with van der Waals surface area (Å²) < 4.78 is 11.6. The molecule has 5 rings (SSSR count). The molecule has 1 atom stereocenters. The van der Waals surface area contributed by atoms with Gasteiger partial charge in [0.15, 0.2) is 0 Å². The number of carbonyl (C=O) groups is 2. The van der Waals surface area contributed by atoms with Crippen LogP contribution in [0.15, 0.2) is 34.7 Å². The fraction of sp³-hybridized carbons (Fsp3) is 0.321. The van der Waals surface area contributed by atoms with Crippen LogP contribution >= 0.6 is 11.3 Å². The largest absolute Gasteiger partial charge is 0.461 e. The van der Waals surface area contributed by atoms with Gasteiger partial charge in [-0.15, -0.1) is 11.3 Å². The van der Waals surface area contributed by atoms with Crippen LogP contribution in [0, 0.1) is 27.7 Å². The van der Waals surface area contributed by atoms with Crippen LogP contribution in [0.2, 0.25) is 0 Å². The van der Waals surface area contributed by atoms with Crippen molar-refractivity contribution in [1.82, 2.24) is 10.3 Å². The second kappa shape index (κ2) is 9.99. The molecule has 0 radical (unpaired) electrons. The molecule has 0 aliphatic carbocycles. The normalized spacial score (nSPS) is 15.3. The summed E-state index contributed by atoms with van der Waals surface area (Å²) in [6.07, 6.45) is 1.93. The summed E-state index contributed by atoms with van der Waals surface area (Å²) in [4.78, 5) is 32.4. The average molecular weight is 519 g/mol. The lowest BCUT2D eigenvalue weighted by Gasteiger charge is -2.14. The van der Waals surface area contributed by atoms with Gasteiger partial charge in [0.1, 0.15) is 21.2 Å². The number of nitrogen functional groups attached to an aromatic ring is 1. The number of fused-ring (bicyclic) bond motifs is 1. The van der Waals surface area contributed by atoms with Crippen molar-refractivity contribution >= 4 is 44.7 Å². The van der Waals surface area contributed by atoms with Crippen LogP contribution in [-0.4, -0.2) is 36.1 Å². The molecule has 1 saturated heterocycles. The first-order chi connectivity index (χ1) is 17.7. The predicted molar refractivity (Wildman–Crippen MR) is 146 cm³/mol. The summed E-state index contributed by atoms with van der Waals surface area (Å²) in [5.74, 6) is 0.589. The number of thiophene rings is 1. The number of pyridine rings is 1. The lowest BCUT2D eigenvalue weighted by molar-refractivity contribution is 0.0861. The maximum absolute atomic E-state index is 13.7. The molecule has 8 nitrogen and oxygen atoms in total. The molecule has 0 bridgehead atoms. The number of aryl methyl sites for hydroxylation is 4. The van der Waals surface area contributed by atoms with E-state index < -0.39 is 0 Å². The Labute approximate surface area is 219 Å². The van der Waals surface area contributed by atoms with E-state index in [-0.39, 0.29) is 23.6 Å². The van der Waals surface area contributed by atoms with Gasteiger partial charge in [-0.1, -0.05) is 17.7 Å². The molecular weight excluding hydrogens is 488 g/mol. The number of furan rings is 1. The number of amides is 2. The number of nitrogens with zero attached hydrogens (tertiary/aromatic N) is 1. The van der Waals surface area contributed by atoms with Crippen molar-refractivity contribution in [3.8, 4) is 11.3 Å². The summed E-state index contributed by atoms with van der Waals surface area (Å²) in [6.45, 7) is 8.71. The smallest absolute Gasteiger partial charge is 0.263 e. The standard InChI is InChI=1S/C28H30N4O4S/c1-14-7-9-19(15(2)12-14)32-26(33)21-17(4)31-28-23(22(21)20-10-8-16(3)36-20)24(29)25(37-28)27(34)30-13-18-6-5-11-35-18/h7-10,12,18H,5-6,11,13,29H2,1-4H3,(H,30,34)(H,32,33)/t18-/m0/s1. The topological polar surface area (TPSA) is 119 Å². The third-order valence-electron chi connectivity index (χ3n) is 6.62. The van der Waals surface area contributed by atoms with Gasteiger partial charge in [0.05, 0.1) is 23.0 Å². The Hall–Kier alpha value is -3.69. The Bertz CT molecular complexity index is 1510. The minimum atomic E-state index is -0.321. The van der Waals surface area contributed by atoms with Crippen LogP contribution in [0.1, 0.15) is 55.5 Å². The van der Waals surface area contributed by atoms with Gasteiger partial charge in [-0.3, -0.25) is 9.59 Å². The third kappa shape index (κ3) is 4.84. The van der Waals surface area contributed by atoms with E-state index in [0.717, 1.165) is 24.0 Å². The van der Waals surface area contributed by atoms with Crippen molar-refractivity contribution in [2.45, 2.75) is 46.6 Å². The van der Waals surface area contributed by atoms with Crippen LogP contribution < -0.4 is 16.4 Å². The van der Waals surface area contributed by atoms with E-state index in [1.54, 1.807) is 6.92 Å². The van der Waals surface area contributed by atoms with Crippen molar-refractivity contribution in [3.63, 3.8) is 0 Å². The number of hydrogen-bond acceptors (Lipinski definition) is 7. The van der Waals surface area contributed by atoms with E-state index in [2.05, 4.69) is 10.6 Å². The van der Waals surface area contributed by atoms with Crippen LogP contribution in [0.4, 0.5) is 11.4 Å². The molecule has 0 spiro atoms. The molecule has 192 valence electrons. The lowest BCUT2D eigenvalue weighted by Crippen LogP contribution is -2.31.